The van der Waals surface area contributed by atoms with Crippen LogP contribution in [0.15, 0.2) is 46.3 Å². The topological polar surface area (TPSA) is 186 Å². The van der Waals surface area contributed by atoms with Crippen LogP contribution in [0.2, 0.25) is 0 Å². The van der Waals surface area contributed by atoms with E-state index < -0.39 is 105 Å². The van der Waals surface area contributed by atoms with E-state index >= 15 is 0 Å². The van der Waals surface area contributed by atoms with Gasteiger partial charge in [-0.25, -0.2) is 14.4 Å². The Kier molecular flexibility index (Phi) is 7.43. The molecular formula is C39H48O14. The van der Waals surface area contributed by atoms with Crippen LogP contribution in [0.1, 0.15) is 92.7 Å². The van der Waals surface area contributed by atoms with Crippen molar-refractivity contribution in [2.45, 2.75) is 134 Å². The van der Waals surface area contributed by atoms with Gasteiger partial charge in [-0.15, -0.1) is 0 Å². The second-order valence-electron chi connectivity index (χ2n) is 16.9. The molecule has 1 spiro atoms. The molecule has 6 fully saturated rings. The summed E-state index contributed by atoms with van der Waals surface area (Å²) in [5, 5.41) is 27.3. The lowest BCUT2D eigenvalue weighted by Crippen LogP contribution is -2.92. The number of carbonyl (C=O) groups is 4. The minimum atomic E-state index is -2.44. The molecule has 14 atom stereocenters. The van der Waals surface area contributed by atoms with Crippen LogP contribution in [-0.2, 0) is 52.3 Å². The number of carbonyl (C=O) groups excluding carboxylic acids is 4. The number of allylic oxidation sites excluding steroid dienone is 1. The monoisotopic (exact) mass is 740 g/mol. The third-order valence-electron chi connectivity index (χ3n) is 14.8. The minimum absolute atomic E-state index is 0.155. The molecule has 7 aliphatic rings. The van der Waals surface area contributed by atoms with Gasteiger partial charge in [-0.3, -0.25) is 4.79 Å². The minimum Gasteiger partial charge on any atom is -0.472 e. The summed E-state index contributed by atoms with van der Waals surface area (Å²) in [5.41, 5.74) is -11.1. The number of ether oxygens (including phenoxy) is 7. The van der Waals surface area contributed by atoms with Crippen molar-refractivity contribution < 1.29 is 67.0 Å². The van der Waals surface area contributed by atoms with E-state index in [-0.39, 0.29) is 18.4 Å². The molecule has 288 valence electrons. The van der Waals surface area contributed by atoms with E-state index in [0.29, 0.717) is 24.0 Å². The summed E-state index contributed by atoms with van der Waals surface area (Å²) in [7, 11) is 1.16. The number of hydrogen-bond acceptors (Lipinski definition) is 14. The molecule has 53 heavy (non-hydrogen) atoms. The first kappa shape index (κ1) is 36.4. The molecule has 4 aliphatic carbocycles. The third-order valence-corrected chi connectivity index (χ3v) is 14.8. The van der Waals surface area contributed by atoms with Crippen molar-refractivity contribution in [1.29, 1.82) is 0 Å². The summed E-state index contributed by atoms with van der Waals surface area (Å²) in [6.07, 6.45) is 1.11. The first-order chi connectivity index (χ1) is 24.8. The average Bonchev–Trinajstić information content (AvgIpc) is 3.90. The van der Waals surface area contributed by atoms with Gasteiger partial charge in [-0.2, -0.15) is 0 Å². The van der Waals surface area contributed by atoms with Gasteiger partial charge in [-0.1, -0.05) is 40.7 Å². The molecule has 2 saturated heterocycles. The summed E-state index contributed by atoms with van der Waals surface area (Å²) in [4.78, 5) is 54.3. The van der Waals surface area contributed by atoms with E-state index in [1.54, 1.807) is 39.8 Å². The SMILES string of the molecule is C/C=C(\C)C(=O)O[C@H]1C2(C)C[C@]3(O)[C@@]1(O)[C@H]1OC4(C(C)CC)OC15C1=CC(=O)O[C@@H](c6ccoc6)[C@]1(C)CCC5(O4)[C@]3(C)[C@H]2[C@@H](OC(C)=O)C(=O)OC. The molecule has 0 aromatic carbocycles. The van der Waals surface area contributed by atoms with Crippen molar-refractivity contribution in [3.8, 4) is 0 Å². The molecule has 0 radical (unpaired) electrons. The zero-order chi connectivity index (χ0) is 38.5. The van der Waals surface area contributed by atoms with E-state index in [9.17, 15) is 29.4 Å². The van der Waals surface area contributed by atoms with Crippen LogP contribution in [0.25, 0.3) is 0 Å². The van der Waals surface area contributed by atoms with Crippen LogP contribution in [0.4, 0.5) is 0 Å². The Morgan fingerprint density at radius 3 is 2.43 bits per heavy atom. The number of hydrogen-bond donors (Lipinski definition) is 2. The van der Waals surface area contributed by atoms with Gasteiger partial charge < -0.3 is 47.8 Å². The van der Waals surface area contributed by atoms with E-state index in [4.69, 9.17) is 37.6 Å². The van der Waals surface area contributed by atoms with Crippen molar-refractivity contribution >= 4 is 23.9 Å². The molecule has 0 amide bonds. The van der Waals surface area contributed by atoms with Gasteiger partial charge in [0.05, 0.1) is 19.6 Å². The lowest BCUT2D eigenvalue weighted by atomic mass is 9.34. The van der Waals surface area contributed by atoms with Gasteiger partial charge in [0.25, 0.3) is 5.97 Å². The first-order valence-corrected chi connectivity index (χ1v) is 18.4. The maximum Gasteiger partial charge on any atom is 0.347 e. The van der Waals surface area contributed by atoms with E-state index in [2.05, 4.69) is 0 Å². The second kappa shape index (κ2) is 10.8. The molecular weight excluding hydrogens is 692 g/mol. The molecule has 14 nitrogen and oxygen atoms in total. The van der Waals surface area contributed by atoms with Gasteiger partial charge in [0, 0.05) is 52.2 Å². The number of furan rings is 1. The van der Waals surface area contributed by atoms with Crippen LogP contribution < -0.4 is 0 Å². The fourth-order valence-corrected chi connectivity index (χ4v) is 12.3. The van der Waals surface area contributed by atoms with Gasteiger partial charge in [0.15, 0.2) is 11.2 Å². The summed E-state index contributed by atoms with van der Waals surface area (Å²) in [6, 6.07) is 1.71. The predicted octanol–water partition coefficient (Wildman–Crippen LogP) is 3.73. The largest absolute Gasteiger partial charge is 0.472 e. The number of fused-ring (bicyclic) bond motifs is 4. The summed E-state index contributed by atoms with van der Waals surface area (Å²) < 4.78 is 50.3. The summed E-state index contributed by atoms with van der Waals surface area (Å²) in [6.45, 7) is 13.5. The van der Waals surface area contributed by atoms with Crippen molar-refractivity contribution in [2.24, 2.45) is 28.1 Å². The van der Waals surface area contributed by atoms with Crippen LogP contribution >= 0.6 is 0 Å². The molecule has 4 heterocycles. The Morgan fingerprint density at radius 1 is 1.11 bits per heavy atom. The number of methoxy groups -OCH3 is 1. The fourth-order valence-electron chi connectivity index (χ4n) is 12.3. The molecule has 14 heteroatoms. The average molecular weight is 741 g/mol. The number of aliphatic hydroxyl groups is 2. The zero-order valence-corrected chi connectivity index (χ0v) is 31.5. The molecule has 1 aromatic rings. The Balaban J connectivity index is 1.47. The highest BCUT2D eigenvalue weighted by Crippen LogP contribution is 2.88. The Morgan fingerprint density at radius 2 is 1.83 bits per heavy atom. The standard InChI is InChI=1S/C39H48O14/c1-10-19(3)28(42)50-30-33(7)18-35(44)34(8,26(33)25(29(43)46-9)48-21(5)40)36-14-13-32(6)23(16-24(41)49-27(32)22-12-15-47-17-22)38(36)31(37(30,35)45)51-39(52-36,53-38)20(4)11-2/h10,12,15-17,20,25-27,30-31,44-45H,11,13-14,18H2,1-9H3/b19-10+/t20?,25-,26+,27+,30+,31-,32-,33?,34-,35-,36?,37+,38?,39?/m1/s1. The quantitative estimate of drug-likeness (QED) is 0.223. The van der Waals surface area contributed by atoms with Crippen LogP contribution in [0, 0.1) is 28.1 Å². The van der Waals surface area contributed by atoms with Crippen LogP contribution in [0.5, 0.6) is 0 Å². The molecule has 8 rings (SSSR count). The second-order valence-corrected chi connectivity index (χ2v) is 16.9. The van der Waals surface area contributed by atoms with Crippen LogP contribution in [0.3, 0.4) is 0 Å². The van der Waals surface area contributed by atoms with E-state index in [1.165, 1.54) is 18.6 Å². The van der Waals surface area contributed by atoms with Crippen molar-refractivity contribution in [3.63, 3.8) is 0 Å². The van der Waals surface area contributed by atoms with E-state index in [1.807, 2.05) is 20.8 Å². The fraction of sp³-hybridized carbons (Fsp3) is 0.692. The lowest BCUT2D eigenvalue weighted by Gasteiger charge is -2.75. The highest BCUT2D eigenvalue weighted by Gasteiger charge is 3.03. The zero-order valence-electron chi connectivity index (χ0n) is 31.5. The molecule has 4 saturated carbocycles. The maximum absolute atomic E-state index is 13.9. The highest BCUT2D eigenvalue weighted by molar-refractivity contribution is 5.88. The van der Waals surface area contributed by atoms with Gasteiger partial charge in [-0.05, 0) is 51.2 Å². The van der Waals surface area contributed by atoms with Crippen molar-refractivity contribution in [1.82, 2.24) is 0 Å². The van der Waals surface area contributed by atoms with Crippen LogP contribution in [-0.4, -0.2) is 87.9 Å². The number of rotatable bonds is 8. The molecule has 1 aromatic heterocycles. The van der Waals surface area contributed by atoms with Gasteiger partial charge >= 0.3 is 23.9 Å². The smallest absolute Gasteiger partial charge is 0.347 e. The number of cyclic esters (lactones) is 1. The Hall–Kier alpha value is -3.56. The first-order valence-electron chi connectivity index (χ1n) is 18.4. The molecule has 5 unspecified atom stereocenters. The van der Waals surface area contributed by atoms with E-state index in [0.717, 1.165) is 14.0 Å². The summed E-state index contributed by atoms with van der Waals surface area (Å²) >= 11 is 0. The molecule has 3 aliphatic heterocycles. The number of esters is 4. The Labute approximate surface area is 307 Å². The lowest BCUT2D eigenvalue weighted by molar-refractivity contribution is -0.457. The van der Waals surface area contributed by atoms with Gasteiger partial charge in [0.1, 0.15) is 29.5 Å². The van der Waals surface area contributed by atoms with Crippen molar-refractivity contribution in [2.75, 3.05) is 7.11 Å². The summed E-state index contributed by atoms with van der Waals surface area (Å²) in [5.74, 6) is -6.66. The highest BCUT2D eigenvalue weighted by atomic mass is 17.0. The molecule has 2 N–H and O–H groups in total. The normalized spacial score (nSPS) is 48.2. The maximum atomic E-state index is 13.9. The molecule has 4 bridgehead atoms. The van der Waals surface area contributed by atoms with Crippen molar-refractivity contribution in [3.05, 3.63) is 47.5 Å². The Bertz CT molecular complexity index is 1870. The third kappa shape index (κ3) is 3.73. The van der Waals surface area contributed by atoms with Gasteiger partial charge in [0.2, 0.25) is 6.10 Å². The predicted molar refractivity (Wildman–Crippen MR) is 179 cm³/mol.